The van der Waals surface area contributed by atoms with Crippen molar-refractivity contribution in [3.05, 3.63) is 54.9 Å². The number of carbonyl (C=O) groups excluding carboxylic acids is 3. The summed E-state index contributed by atoms with van der Waals surface area (Å²) in [6.07, 6.45) is 38.0. The second-order valence-corrected chi connectivity index (χ2v) is 34.0. The molecule has 0 radical (unpaired) electrons. The van der Waals surface area contributed by atoms with Crippen LogP contribution in [0.2, 0.25) is 0 Å². The summed E-state index contributed by atoms with van der Waals surface area (Å²) >= 11 is 0. The zero-order chi connectivity index (χ0) is 63.1. The van der Waals surface area contributed by atoms with Gasteiger partial charge in [-0.1, -0.05) is 20.8 Å². The van der Waals surface area contributed by atoms with Crippen molar-refractivity contribution in [1.82, 2.24) is 29.3 Å². The van der Waals surface area contributed by atoms with Gasteiger partial charge in [-0.3, -0.25) is 28.4 Å². The summed E-state index contributed by atoms with van der Waals surface area (Å²) in [6, 6.07) is 3.76. The molecule has 12 aliphatic carbocycles. The highest BCUT2D eigenvalue weighted by Gasteiger charge is 2.63. The Balaban J connectivity index is 0.000000124. The van der Waals surface area contributed by atoms with Gasteiger partial charge in [0.25, 0.3) is 0 Å². The zero-order valence-corrected chi connectivity index (χ0v) is 56.0. The van der Waals surface area contributed by atoms with Gasteiger partial charge in [0.2, 0.25) is 0 Å². The van der Waals surface area contributed by atoms with E-state index in [1.807, 2.05) is 55.4 Å². The lowest BCUT2D eigenvalue weighted by molar-refractivity contribution is -0.139. The number of aromatic nitrogens is 6. The number of hydrogen-bond donors (Lipinski definition) is 3. The van der Waals surface area contributed by atoms with E-state index in [4.69, 9.17) is 9.47 Å². The monoisotopic (exact) mass is 1240 g/mol. The van der Waals surface area contributed by atoms with Crippen molar-refractivity contribution in [3.63, 3.8) is 0 Å². The molecule has 12 aliphatic rings. The highest BCUT2D eigenvalue weighted by atomic mass is 19.1. The van der Waals surface area contributed by atoms with Crippen LogP contribution in [0, 0.1) is 130 Å². The number of carbonyl (C=O) groups is 3. The molecule has 3 aromatic rings. The maximum Gasteiger partial charge on any atom is 0.157 e. The van der Waals surface area contributed by atoms with Crippen molar-refractivity contribution in [2.24, 2.45) is 123 Å². The Morgan fingerprint density at radius 1 is 0.489 bits per heavy atom. The molecule has 15 rings (SSSR count). The summed E-state index contributed by atoms with van der Waals surface area (Å²) < 4.78 is 31.3. The molecule has 3 aromatic heterocycles. The maximum atomic E-state index is 15.3. The molecule has 0 amide bonds. The summed E-state index contributed by atoms with van der Waals surface area (Å²) in [7, 11) is 3.40. The van der Waals surface area contributed by atoms with Crippen LogP contribution in [0.25, 0.3) is 0 Å². The van der Waals surface area contributed by atoms with Crippen LogP contribution >= 0.6 is 0 Å². The van der Waals surface area contributed by atoms with Crippen molar-refractivity contribution >= 4 is 17.3 Å². The molecule has 0 spiro atoms. The number of alkyl halides is 1. The van der Waals surface area contributed by atoms with E-state index >= 15 is 4.39 Å². The fraction of sp³-hybridized carbons (Fsp3) is 0.840. The molecule has 25 atom stereocenters. The predicted molar refractivity (Wildman–Crippen MR) is 343 cm³/mol. The van der Waals surface area contributed by atoms with Gasteiger partial charge in [-0.05, 0) is 303 Å². The molecule has 12 saturated carbocycles. The minimum absolute atomic E-state index is 0.0120. The summed E-state index contributed by atoms with van der Waals surface area (Å²) in [5, 5.41) is 45.2. The molecular formula is C75H113FN6O8. The molecule has 15 heteroatoms. The first-order chi connectivity index (χ1) is 43.0. The van der Waals surface area contributed by atoms with E-state index in [0.29, 0.717) is 110 Å². The molecule has 0 unspecified atom stereocenters. The van der Waals surface area contributed by atoms with E-state index in [1.54, 1.807) is 36.0 Å². The second-order valence-electron chi connectivity index (χ2n) is 34.0. The number of methoxy groups -OCH3 is 2. The van der Waals surface area contributed by atoms with E-state index in [1.165, 1.54) is 64.2 Å². The average Bonchev–Trinajstić information content (AvgIpc) is 1.45. The van der Waals surface area contributed by atoms with E-state index in [0.717, 1.165) is 131 Å². The van der Waals surface area contributed by atoms with E-state index < -0.39 is 23.0 Å². The molecule has 12 fully saturated rings. The summed E-state index contributed by atoms with van der Waals surface area (Å²) in [5.41, 5.74) is -0.449. The molecule has 0 saturated heterocycles. The summed E-state index contributed by atoms with van der Waals surface area (Å²) in [5.74, 6) is 10.9. The molecule has 14 nitrogen and oxygen atoms in total. The maximum absolute atomic E-state index is 15.3. The van der Waals surface area contributed by atoms with Crippen molar-refractivity contribution in [2.45, 2.75) is 244 Å². The fourth-order valence-corrected chi connectivity index (χ4v) is 25.5. The normalized spacial score (nSPS) is 46.3. The van der Waals surface area contributed by atoms with Crippen LogP contribution in [0.5, 0.6) is 0 Å². The first-order valence-corrected chi connectivity index (χ1v) is 36.4. The highest BCUT2D eigenvalue weighted by molar-refractivity contribution is 5.83. The van der Waals surface area contributed by atoms with Gasteiger partial charge in [0.1, 0.15) is 6.17 Å². The lowest BCUT2D eigenvalue weighted by Crippen LogP contribution is -2.54. The third-order valence-electron chi connectivity index (χ3n) is 29.3. The van der Waals surface area contributed by atoms with Crippen LogP contribution in [0.15, 0.2) is 49.3 Å². The van der Waals surface area contributed by atoms with Crippen LogP contribution in [0.4, 0.5) is 4.39 Å². The molecule has 0 bridgehead atoms. The Labute approximate surface area is 537 Å². The number of aliphatic hydroxyl groups is 3. The average molecular weight is 1250 g/mol. The van der Waals surface area contributed by atoms with Crippen LogP contribution in [0.1, 0.15) is 200 Å². The zero-order valence-electron chi connectivity index (χ0n) is 56.0. The largest absolute Gasteiger partial charge is 0.390 e. The Morgan fingerprint density at radius 2 is 0.900 bits per heavy atom. The Morgan fingerprint density at radius 3 is 1.32 bits per heavy atom. The van der Waals surface area contributed by atoms with Crippen LogP contribution < -0.4 is 0 Å². The standard InChI is InChI=1S/C26H40N2O3.C25H38N2O3.C24H35FN2O2/c1-17-13-27-28(14-17)15-24(29)23-7-6-22-21-5-4-18-12-26(30,16-31-3)11-9-19(18)20(21)8-10-25(22,23)2;1-24-10-8-19-18-9-11-25(29,16-30-2)14-17(18)4-5-20(19)21(24)6-7-22(24)23(28)15-27-13-3-12-26-27;1-23(29)8-6-16-15-7-9-24(2)19(17(15)12-21(25)18(16)13-23)4-5-20(24)22(28)14-27-11-3-10-26-27/h13-14,18-23,30H,4-12,15-16H2,1-3H3;3,12-13,17-22,29H,4-11,14-16H2,1-2H3;3,10-11,15-21,29H,4-9,12-14H2,1-2H3/t18-,19+,20-,21-,22+,23-,25+,26-;17-,18+,19-,20-,21+,22-,24+,25-;15-,16-,17-,18-,19+,20-,21-,23-,24+/m111/s1. The minimum atomic E-state index is -0.797. The molecule has 0 aliphatic heterocycles. The van der Waals surface area contributed by atoms with Gasteiger partial charge in [-0.2, -0.15) is 15.3 Å². The third-order valence-corrected chi connectivity index (χ3v) is 29.3. The van der Waals surface area contributed by atoms with Gasteiger partial charge in [0.05, 0.1) is 55.8 Å². The number of rotatable bonds is 13. The van der Waals surface area contributed by atoms with Gasteiger partial charge in [0.15, 0.2) is 17.3 Å². The minimum Gasteiger partial charge on any atom is -0.390 e. The van der Waals surface area contributed by atoms with Crippen LogP contribution in [-0.2, 0) is 43.5 Å². The van der Waals surface area contributed by atoms with Crippen LogP contribution in [-0.4, -0.2) is 112 Å². The van der Waals surface area contributed by atoms with E-state index in [-0.39, 0.29) is 39.9 Å². The third kappa shape index (κ3) is 12.2. The second kappa shape index (κ2) is 25.5. The predicted octanol–water partition coefficient (Wildman–Crippen LogP) is 12.9. The number of nitrogens with zero attached hydrogens (tertiary/aromatic N) is 6. The van der Waals surface area contributed by atoms with E-state index in [9.17, 15) is 29.7 Å². The summed E-state index contributed by atoms with van der Waals surface area (Å²) in [4.78, 5) is 39.6. The number of hydrogen-bond acceptors (Lipinski definition) is 11. The Bertz CT molecular complexity index is 2970. The number of aryl methyl sites for hydroxylation is 1. The Kier molecular flexibility index (Phi) is 18.4. The van der Waals surface area contributed by atoms with Gasteiger partial charge in [-0.15, -0.1) is 0 Å². The van der Waals surface area contributed by atoms with Crippen molar-refractivity contribution in [1.29, 1.82) is 0 Å². The van der Waals surface area contributed by atoms with Crippen molar-refractivity contribution in [2.75, 3.05) is 27.4 Å². The van der Waals surface area contributed by atoms with Crippen LogP contribution in [0.3, 0.4) is 0 Å². The number of halogens is 1. The topological polar surface area (TPSA) is 184 Å². The number of ether oxygens (including phenoxy) is 2. The SMILES string of the molecule is COC[C@@]1(O)CC[C@H]2[C@H](CC[C@@H]3[C@@H]2CC[C@]2(C)[C@@H](C(=O)Cn4cc(C)cn4)CC[C@@H]32)C1.COC[C@@]1(O)CC[C@H]2[C@H](CC[C@@H]3[C@@H]2CC[C@]2(C)[C@@H](C(=O)Cn4cccn4)CC[C@@H]32)C1.C[C@@]1(O)CC[C@@H]2[C@H]3CC[C@]4(C)[C@@H](C(=O)Cn5cccn5)CC[C@H]4[C@@H]3C[C@@H](F)[C@@H]2C1. The van der Waals surface area contributed by atoms with Crippen molar-refractivity contribution in [3.8, 4) is 0 Å². The smallest absolute Gasteiger partial charge is 0.157 e. The highest BCUT2D eigenvalue weighted by Crippen LogP contribution is 2.68. The molecule has 3 heterocycles. The van der Waals surface area contributed by atoms with E-state index in [2.05, 4.69) is 36.1 Å². The number of ketones is 3. The van der Waals surface area contributed by atoms with Crippen molar-refractivity contribution < 1.29 is 43.6 Å². The van der Waals surface area contributed by atoms with Gasteiger partial charge < -0.3 is 24.8 Å². The molecular weight excluding hydrogens is 1130 g/mol. The molecule has 90 heavy (non-hydrogen) atoms. The quantitative estimate of drug-likeness (QED) is 0.148. The van der Waals surface area contributed by atoms with Gasteiger partial charge >= 0.3 is 0 Å². The first-order valence-electron chi connectivity index (χ1n) is 36.4. The summed E-state index contributed by atoms with van der Waals surface area (Å²) in [6.45, 7) is 13.3. The fourth-order valence-electron chi connectivity index (χ4n) is 25.5. The van der Waals surface area contributed by atoms with Gasteiger partial charge in [-0.25, -0.2) is 4.39 Å². The Hall–Kier alpha value is -3.63. The lowest BCUT2D eigenvalue weighted by Gasteiger charge is -2.57. The molecule has 498 valence electrons. The number of fused-ring (bicyclic) bond motifs is 15. The first kappa shape index (κ1) is 65.1. The molecule has 3 N–H and O–H groups in total. The molecule has 0 aromatic carbocycles. The number of Topliss-reactive ketones (excluding diaryl/α,β-unsaturated/α-hetero) is 3. The van der Waals surface area contributed by atoms with Gasteiger partial charge in [0, 0.05) is 63.0 Å². The lowest BCUT2D eigenvalue weighted by atomic mass is 9.48.